The number of nitrogens with one attached hydrogen (secondary N) is 3. The Bertz CT molecular complexity index is 643. The van der Waals surface area contributed by atoms with Crippen LogP contribution in [-0.4, -0.2) is 16.4 Å². The van der Waals surface area contributed by atoms with Crippen LogP contribution in [0.5, 0.6) is 11.5 Å². The number of aromatic hydroxyl groups is 2. The van der Waals surface area contributed by atoms with Gasteiger partial charge < -0.3 is 15.5 Å². The predicted molar refractivity (Wildman–Crippen MR) is 86.6 cm³/mol. The second kappa shape index (κ2) is 6.25. The third kappa shape index (κ3) is 3.16. The lowest BCUT2D eigenvalue weighted by Crippen LogP contribution is -2.36. The fraction of sp³-hybridized carbons (Fsp3) is 0.294. The third-order valence-corrected chi connectivity index (χ3v) is 4.00. The zero-order chi connectivity index (χ0) is 15.5. The van der Waals surface area contributed by atoms with Gasteiger partial charge in [0.25, 0.3) is 0 Å². The first-order chi connectivity index (χ1) is 10.7. The van der Waals surface area contributed by atoms with E-state index in [4.69, 9.17) is 0 Å². The van der Waals surface area contributed by atoms with E-state index < -0.39 is 0 Å². The van der Waals surface area contributed by atoms with Crippen molar-refractivity contribution in [3.63, 3.8) is 0 Å². The SMILES string of the molecule is CCc1cc(O)ccc1NC1CC(c2ccc(O)cc2)NN1. The van der Waals surface area contributed by atoms with Gasteiger partial charge in [-0.3, -0.25) is 0 Å². The number of aryl methyl sites for hydroxylation is 1. The van der Waals surface area contributed by atoms with Crippen LogP contribution in [0.1, 0.15) is 30.5 Å². The Balaban J connectivity index is 1.67. The van der Waals surface area contributed by atoms with Crippen LogP contribution in [0.15, 0.2) is 42.5 Å². The quantitative estimate of drug-likeness (QED) is 0.561. The largest absolute Gasteiger partial charge is 0.508 e. The Morgan fingerprint density at radius 3 is 2.50 bits per heavy atom. The Morgan fingerprint density at radius 2 is 1.77 bits per heavy atom. The molecule has 1 heterocycles. The maximum absolute atomic E-state index is 9.57. The van der Waals surface area contributed by atoms with E-state index >= 15 is 0 Å². The molecule has 0 radical (unpaired) electrons. The summed E-state index contributed by atoms with van der Waals surface area (Å²) in [6.45, 7) is 2.07. The van der Waals surface area contributed by atoms with Gasteiger partial charge in [0, 0.05) is 18.2 Å². The van der Waals surface area contributed by atoms with E-state index in [1.165, 1.54) is 0 Å². The standard InChI is InChI=1S/C17H21N3O2/c1-2-11-9-14(22)7-8-15(11)18-17-10-16(19-20-17)12-3-5-13(21)6-4-12/h3-9,16-22H,2,10H2,1H3. The predicted octanol–water partition coefficient (Wildman–Crippen LogP) is 2.64. The van der Waals surface area contributed by atoms with Crippen molar-refractivity contribution in [1.29, 1.82) is 0 Å². The van der Waals surface area contributed by atoms with Gasteiger partial charge in [-0.1, -0.05) is 19.1 Å². The van der Waals surface area contributed by atoms with Crippen LogP contribution in [0.4, 0.5) is 5.69 Å². The van der Waals surface area contributed by atoms with Crippen molar-refractivity contribution in [3.8, 4) is 11.5 Å². The average Bonchev–Trinajstić information content (AvgIpc) is 2.98. The highest BCUT2D eigenvalue weighted by Crippen LogP contribution is 2.27. The third-order valence-electron chi connectivity index (χ3n) is 4.00. The molecule has 0 spiro atoms. The lowest BCUT2D eigenvalue weighted by atomic mass is 10.0. The molecule has 5 N–H and O–H groups in total. The summed E-state index contributed by atoms with van der Waals surface area (Å²) in [5.74, 6) is 0.572. The smallest absolute Gasteiger partial charge is 0.116 e. The van der Waals surface area contributed by atoms with Crippen molar-refractivity contribution in [2.45, 2.75) is 32.0 Å². The van der Waals surface area contributed by atoms with Crippen molar-refractivity contribution in [1.82, 2.24) is 10.9 Å². The summed E-state index contributed by atoms with van der Waals surface area (Å²) in [7, 11) is 0. The summed E-state index contributed by atoms with van der Waals surface area (Å²) in [6.07, 6.45) is 1.85. The van der Waals surface area contributed by atoms with E-state index in [0.717, 1.165) is 29.7 Å². The lowest BCUT2D eigenvalue weighted by molar-refractivity contribution is 0.474. The van der Waals surface area contributed by atoms with E-state index in [9.17, 15) is 10.2 Å². The highest BCUT2D eigenvalue weighted by Gasteiger charge is 2.25. The fourth-order valence-corrected chi connectivity index (χ4v) is 2.78. The van der Waals surface area contributed by atoms with Crippen LogP contribution >= 0.6 is 0 Å². The maximum atomic E-state index is 9.57. The van der Waals surface area contributed by atoms with Gasteiger partial charge in [-0.15, -0.1) is 0 Å². The number of hydrogen-bond acceptors (Lipinski definition) is 5. The molecule has 5 heteroatoms. The Morgan fingerprint density at radius 1 is 1.05 bits per heavy atom. The van der Waals surface area contributed by atoms with Crippen molar-refractivity contribution in [2.75, 3.05) is 5.32 Å². The monoisotopic (exact) mass is 299 g/mol. The molecule has 116 valence electrons. The first kappa shape index (κ1) is 14.7. The molecular formula is C17H21N3O2. The highest BCUT2D eigenvalue weighted by atomic mass is 16.3. The normalized spacial score (nSPS) is 21.0. The number of benzene rings is 2. The second-order valence-corrected chi connectivity index (χ2v) is 5.56. The molecule has 1 saturated heterocycles. The van der Waals surface area contributed by atoms with Gasteiger partial charge in [0.1, 0.15) is 11.5 Å². The molecule has 5 nitrogen and oxygen atoms in total. The molecule has 2 aromatic rings. The minimum Gasteiger partial charge on any atom is -0.508 e. The van der Waals surface area contributed by atoms with Crippen molar-refractivity contribution in [3.05, 3.63) is 53.6 Å². The molecule has 0 bridgehead atoms. The van der Waals surface area contributed by atoms with Crippen LogP contribution in [0.2, 0.25) is 0 Å². The maximum Gasteiger partial charge on any atom is 0.116 e. The average molecular weight is 299 g/mol. The van der Waals surface area contributed by atoms with Crippen molar-refractivity contribution in [2.24, 2.45) is 0 Å². The van der Waals surface area contributed by atoms with Gasteiger partial charge in [-0.25, -0.2) is 10.9 Å². The van der Waals surface area contributed by atoms with E-state index in [0.29, 0.717) is 5.75 Å². The van der Waals surface area contributed by atoms with Crippen LogP contribution in [0.3, 0.4) is 0 Å². The minimum absolute atomic E-state index is 0.105. The molecule has 0 saturated carbocycles. The van der Waals surface area contributed by atoms with E-state index in [1.807, 2.05) is 18.2 Å². The van der Waals surface area contributed by atoms with Gasteiger partial charge >= 0.3 is 0 Å². The molecule has 2 atom stereocenters. The minimum atomic E-state index is 0.105. The Kier molecular flexibility index (Phi) is 4.18. The molecule has 0 aromatic heterocycles. The molecule has 2 unspecified atom stereocenters. The summed E-state index contributed by atoms with van der Waals surface area (Å²) in [4.78, 5) is 0. The summed E-state index contributed by atoms with van der Waals surface area (Å²) in [5, 5.41) is 22.4. The molecule has 22 heavy (non-hydrogen) atoms. The Hall–Kier alpha value is -2.24. The number of rotatable bonds is 4. The molecular weight excluding hydrogens is 278 g/mol. The van der Waals surface area contributed by atoms with Gasteiger partial charge in [-0.2, -0.15) is 0 Å². The van der Waals surface area contributed by atoms with Crippen LogP contribution in [0, 0.1) is 0 Å². The molecule has 0 aliphatic carbocycles. The van der Waals surface area contributed by atoms with E-state index in [2.05, 4.69) is 23.1 Å². The van der Waals surface area contributed by atoms with Gasteiger partial charge in [0.2, 0.25) is 0 Å². The second-order valence-electron chi connectivity index (χ2n) is 5.56. The number of phenolic OH excluding ortho intramolecular Hbond substituents is 2. The lowest BCUT2D eigenvalue weighted by Gasteiger charge is -2.17. The molecule has 3 rings (SSSR count). The Labute approximate surface area is 130 Å². The van der Waals surface area contributed by atoms with Crippen molar-refractivity contribution < 1.29 is 10.2 Å². The summed E-state index contributed by atoms with van der Waals surface area (Å²) in [5.41, 5.74) is 9.78. The zero-order valence-corrected chi connectivity index (χ0v) is 12.5. The van der Waals surface area contributed by atoms with Gasteiger partial charge in [0.15, 0.2) is 0 Å². The molecule has 1 aliphatic heterocycles. The fourth-order valence-electron chi connectivity index (χ4n) is 2.78. The van der Waals surface area contributed by atoms with Crippen molar-refractivity contribution >= 4 is 5.69 Å². The number of hydrogen-bond donors (Lipinski definition) is 5. The number of phenols is 2. The summed E-state index contributed by atoms with van der Waals surface area (Å²) in [6, 6.07) is 12.8. The first-order valence-electron chi connectivity index (χ1n) is 7.54. The zero-order valence-electron chi connectivity index (χ0n) is 12.5. The van der Waals surface area contributed by atoms with Gasteiger partial charge in [-0.05, 0) is 47.9 Å². The van der Waals surface area contributed by atoms with Crippen LogP contribution in [-0.2, 0) is 6.42 Å². The summed E-state index contributed by atoms with van der Waals surface area (Å²) >= 11 is 0. The van der Waals surface area contributed by atoms with E-state index in [1.54, 1.807) is 24.3 Å². The molecule has 0 amide bonds. The number of hydrazine groups is 1. The highest BCUT2D eigenvalue weighted by molar-refractivity contribution is 5.54. The summed E-state index contributed by atoms with van der Waals surface area (Å²) < 4.78 is 0. The van der Waals surface area contributed by atoms with Crippen LogP contribution in [0.25, 0.3) is 0 Å². The first-order valence-corrected chi connectivity index (χ1v) is 7.54. The van der Waals surface area contributed by atoms with E-state index in [-0.39, 0.29) is 18.0 Å². The molecule has 1 aliphatic rings. The van der Waals surface area contributed by atoms with Crippen LogP contribution < -0.4 is 16.2 Å². The van der Waals surface area contributed by atoms with Gasteiger partial charge in [0.05, 0.1) is 6.17 Å². The molecule has 2 aromatic carbocycles. The topological polar surface area (TPSA) is 76.5 Å². The number of anilines is 1. The molecule has 1 fully saturated rings.